The summed E-state index contributed by atoms with van der Waals surface area (Å²) in [6, 6.07) is 1.41. The van der Waals surface area contributed by atoms with Gasteiger partial charge in [0.15, 0.2) is 0 Å². The number of piperidine rings is 1. The fraction of sp³-hybridized carbons (Fsp3) is 0.944. The van der Waals surface area contributed by atoms with Gasteiger partial charge in [-0.3, -0.25) is 4.79 Å². The Labute approximate surface area is 140 Å². The molecule has 2 saturated carbocycles. The zero-order valence-corrected chi connectivity index (χ0v) is 14.4. The average Bonchev–Trinajstić information content (AvgIpc) is 3.15. The predicted octanol–water partition coefficient (Wildman–Crippen LogP) is 3.27. The second-order valence-corrected chi connectivity index (χ2v) is 8.25. The molecule has 4 heteroatoms. The molecular formula is C18H31ClN2O. The van der Waals surface area contributed by atoms with Crippen molar-refractivity contribution in [3.8, 4) is 0 Å². The van der Waals surface area contributed by atoms with E-state index in [-0.39, 0.29) is 12.4 Å². The zero-order valence-electron chi connectivity index (χ0n) is 13.6. The number of carbonyl (C=O) groups is 1. The van der Waals surface area contributed by atoms with Crippen LogP contribution in [0.15, 0.2) is 0 Å². The minimum atomic E-state index is 0. The molecule has 0 aromatic carbocycles. The number of hydrogen-bond acceptors (Lipinski definition) is 2. The standard InChI is InChI=1S/C18H30N2O.ClH/c21-18(11-13-9-16-3-4-17(10-13)20-16)19-6-5-15-8-12-1-2-14(15)7-12;/h12-17,20H,1-11H2,(H,19,21);1H. The summed E-state index contributed by atoms with van der Waals surface area (Å²) in [6.07, 6.45) is 12.9. The van der Waals surface area contributed by atoms with Crippen LogP contribution in [0.2, 0.25) is 0 Å². The summed E-state index contributed by atoms with van der Waals surface area (Å²) < 4.78 is 0. The van der Waals surface area contributed by atoms with Crippen molar-refractivity contribution in [3.63, 3.8) is 0 Å². The highest BCUT2D eigenvalue weighted by Crippen LogP contribution is 2.49. The van der Waals surface area contributed by atoms with Gasteiger partial charge in [0, 0.05) is 25.0 Å². The Morgan fingerprint density at radius 2 is 1.77 bits per heavy atom. The molecule has 4 rings (SSSR count). The molecule has 0 radical (unpaired) electrons. The molecule has 5 unspecified atom stereocenters. The lowest BCUT2D eigenvalue weighted by Crippen LogP contribution is -2.39. The maximum absolute atomic E-state index is 12.1. The highest BCUT2D eigenvalue weighted by molar-refractivity contribution is 5.85. The maximum atomic E-state index is 12.1. The molecule has 2 heterocycles. The van der Waals surface area contributed by atoms with Gasteiger partial charge in [-0.05, 0) is 75.0 Å². The average molecular weight is 327 g/mol. The third-order valence-electron chi connectivity index (χ3n) is 6.77. The SMILES string of the molecule is Cl.O=C(CC1CC2CCC(C1)N2)NCCC1CC2CCC1C2. The molecule has 22 heavy (non-hydrogen) atoms. The fourth-order valence-electron chi connectivity index (χ4n) is 5.80. The van der Waals surface area contributed by atoms with Crippen LogP contribution in [0.1, 0.15) is 64.2 Å². The van der Waals surface area contributed by atoms with Crippen LogP contribution in [0.25, 0.3) is 0 Å². The Morgan fingerprint density at radius 1 is 1.00 bits per heavy atom. The second kappa shape index (κ2) is 7.09. The summed E-state index contributed by atoms with van der Waals surface area (Å²) in [7, 11) is 0. The van der Waals surface area contributed by atoms with E-state index in [0.717, 1.165) is 30.7 Å². The van der Waals surface area contributed by atoms with Gasteiger partial charge in [0.1, 0.15) is 0 Å². The van der Waals surface area contributed by atoms with Crippen LogP contribution in [0.3, 0.4) is 0 Å². The molecule has 3 nitrogen and oxygen atoms in total. The van der Waals surface area contributed by atoms with Gasteiger partial charge < -0.3 is 10.6 Å². The first-order valence-corrected chi connectivity index (χ1v) is 9.29. The van der Waals surface area contributed by atoms with E-state index >= 15 is 0 Å². The molecule has 4 aliphatic rings. The van der Waals surface area contributed by atoms with Crippen molar-refractivity contribution in [1.29, 1.82) is 0 Å². The lowest BCUT2D eigenvalue weighted by Gasteiger charge is -2.28. The van der Waals surface area contributed by atoms with Gasteiger partial charge in [-0.2, -0.15) is 0 Å². The monoisotopic (exact) mass is 326 g/mol. The van der Waals surface area contributed by atoms with Crippen LogP contribution >= 0.6 is 12.4 Å². The van der Waals surface area contributed by atoms with Crippen LogP contribution in [-0.4, -0.2) is 24.5 Å². The van der Waals surface area contributed by atoms with Gasteiger partial charge >= 0.3 is 0 Å². The van der Waals surface area contributed by atoms with Crippen molar-refractivity contribution in [2.45, 2.75) is 76.3 Å². The smallest absolute Gasteiger partial charge is 0.220 e. The maximum Gasteiger partial charge on any atom is 0.220 e. The molecule has 0 aromatic rings. The molecule has 2 aliphatic heterocycles. The van der Waals surface area contributed by atoms with Gasteiger partial charge in [-0.1, -0.05) is 6.42 Å². The number of rotatable bonds is 5. The van der Waals surface area contributed by atoms with Gasteiger partial charge in [0.2, 0.25) is 5.91 Å². The first-order valence-electron chi connectivity index (χ1n) is 9.29. The summed E-state index contributed by atoms with van der Waals surface area (Å²) >= 11 is 0. The van der Waals surface area contributed by atoms with Gasteiger partial charge in [0.05, 0.1) is 0 Å². The van der Waals surface area contributed by atoms with Crippen LogP contribution in [0.4, 0.5) is 0 Å². The van der Waals surface area contributed by atoms with Gasteiger partial charge in [0.25, 0.3) is 0 Å². The number of halogens is 1. The molecule has 2 aliphatic carbocycles. The number of nitrogens with one attached hydrogen (secondary N) is 2. The summed E-state index contributed by atoms with van der Waals surface area (Å²) in [5, 5.41) is 6.86. The summed E-state index contributed by atoms with van der Waals surface area (Å²) in [5.74, 6) is 3.88. The Hall–Kier alpha value is -0.280. The van der Waals surface area contributed by atoms with Crippen molar-refractivity contribution in [2.24, 2.45) is 23.7 Å². The summed E-state index contributed by atoms with van der Waals surface area (Å²) in [4.78, 5) is 12.1. The van der Waals surface area contributed by atoms with Gasteiger partial charge in [-0.25, -0.2) is 0 Å². The number of hydrogen-bond donors (Lipinski definition) is 2. The predicted molar refractivity (Wildman–Crippen MR) is 91.1 cm³/mol. The number of fused-ring (bicyclic) bond motifs is 4. The molecule has 4 bridgehead atoms. The topological polar surface area (TPSA) is 41.1 Å². The third kappa shape index (κ3) is 3.62. The van der Waals surface area contributed by atoms with Crippen LogP contribution in [-0.2, 0) is 4.79 Å². The fourth-order valence-corrected chi connectivity index (χ4v) is 5.80. The van der Waals surface area contributed by atoms with Crippen molar-refractivity contribution < 1.29 is 4.79 Å². The van der Waals surface area contributed by atoms with Crippen molar-refractivity contribution in [3.05, 3.63) is 0 Å². The van der Waals surface area contributed by atoms with E-state index in [1.54, 1.807) is 0 Å². The summed E-state index contributed by atoms with van der Waals surface area (Å²) in [6.45, 7) is 0.921. The number of amides is 1. The molecule has 126 valence electrons. The van der Waals surface area contributed by atoms with E-state index in [4.69, 9.17) is 0 Å². The minimum absolute atomic E-state index is 0. The number of carbonyl (C=O) groups excluding carboxylic acids is 1. The molecule has 1 amide bonds. The lowest BCUT2D eigenvalue weighted by molar-refractivity contribution is -0.122. The highest BCUT2D eigenvalue weighted by atomic mass is 35.5. The Morgan fingerprint density at radius 3 is 2.41 bits per heavy atom. The van der Waals surface area contributed by atoms with Crippen LogP contribution in [0.5, 0.6) is 0 Å². The van der Waals surface area contributed by atoms with Crippen molar-refractivity contribution in [1.82, 2.24) is 10.6 Å². The summed E-state index contributed by atoms with van der Waals surface area (Å²) in [5.41, 5.74) is 0. The third-order valence-corrected chi connectivity index (χ3v) is 6.77. The normalized spacial score (nSPS) is 42.2. The largest absolute Gasteiger partial charge is 0.356 e. The van der Waals surface area contributed by atoms with E-state index in [1.807, 2.05) is 0 Å². The van der Waals surface area contributed by atoms with E-state index in [9.17, 15) is 4.79 Å². The quantitative estimate of drug-likeness (QED) is 0.814. The first kappa shape index (κ1) is 16.6. The van der Waals surface area contributed by atoms with E-state index < -0.39 is 0 Å². The van der Waals surface area contributed by atoms with Crippen molar-refractivity contribution >= 4 is 18.3 Å². The highest BCUT2D eigenvalue weighted by Gasteiger charge is 2.39. The molecule has 4 fully saturated rings. The Kier molecular flexibility index (Phi) is 5.34. The lowest BCUT2D eigenvalue weighted by atomic mass is 9.86. The first-order chi connectivity index (χ1) is 10.3. The van der Waals surface area contributed by atoms with E-state index in [0.29, 0.717) is 23.9 Å². The van der Waals surface area contributed by atoms with E-state index in [2.05, 4.69) is 10.6 Å². The molecule has 5 atom stereocenters. The van der Waals surface area contributed by atoms with Crippen molar-refractivity contribution in [2.75, 3.05) is 6.54 Å². The zero-order chi connectivity index (χ0) is 14.2. The van der Waals surface area contributed by atoms with Crippen LogP contribution < -0.4 is 10.6 Å². The molecule has 0 aromatic heterocycles. The Balaban J connectivity index is 0.00000144. The molecule has 2 saturated heterocycles. The molecule has 2 N–H and O–H groups in total. The minimum Gasteiger partial charge on any atom is -0.356 e. The Bertz CT molecular complexity index is 391. The second-order valence-electron chi connectivity index (χ2n) is 8.25. The van der Waals surface area contributed by atoms with E-state index in [1.165, 1.54) is 57.8 Å². The molecular weight excluding hydrogens is 296 g/mol. The molecule has 0 spiro atoms. The van der Waals surface area contributed by atoms with Gasteiger partial charge in [-0.15, -0.1) is 12.4 Å². The van der Waals surface area contributed by atoms with Crippen LogP contribution in [0, 0.1) is 23.7 Å².